The van der Waals surface area contributed by atoms with Crippen molar-refractivity contribution in [3.05, 3.63) is 60.2 Å². The molecule has 2 aromatic carbocycles. The van der Waals surface area contributed by atoms with Crippen molar-refractivity contribution in [3.63, 3.8) is 0 Å². The van der Waals surface area contributed by atoms with Crippen LogP contribution in [0.3, 0.4) is 0 Å². The van der Waals surface area contributed by atoms with Crippen molar-refractivity contribution in [2.75, 3.05) is 18.4 Å². The molecule has 0 saturated carbocycles. The van der Waals surface area contributed by atoms with E-state index >= 15 is 0 Å². The number of anilines is 1. The number of benzene rings is 2. The number of aryl methyl sites for hydroxylation is 1. The molecule has 2 aromatic rings. The average Bonchev–Trinajstić information content (AvgIpc) is 3.16. The monoisotopic (exact) mass is 429 g/mol. The van der Waals surface area contributed by atoms with Gasteiger partial charge in [-0.15, -0.1) is 0 Å². The van der Waals surface area contributed by atoms with Crippen LogP contribution in [-0.2, 0) is 14.8 Å². The van der Waals surface area contributed by atoms with Crippen molar-refractivity contribution in [1.29, 1.82) is 0 Å². The van der Waals surface area contributed by atoms with E-state index in [1.54, 1.807) is 29.2 Å². The van der Waals surface area contributed by atoms with E-state index in [2.05, 4.69) is 10.0 Å². The van der Waals surface area contributed by atoms with Crippen molar-refractivity contribution in [2.24, 2.45) is 5.92 Å². The molecule has 1 saturated heterocycles. The van der Waals surface area contributed by atoms with Gasteiger partial charge in [-0.3, -0.25) is 4.79 Å². The Hall–Kier alpha value is -2.38. The smallest absolute Gasteiger partial charge is 0.241 e. The first-order valence-electron chi connectivity index (χ1n) is 10.4. The fourth-order valence-corrected chi connectivity index (χ4v) is 4.91. The van der Waals surface area contributed by atoms with Crippen molar-refractivity contribution in [1.82, 2.24) is 9.62 Å². The van der Waals surface area contributed by atoms with Gasteiger partial charge in [-0.25, -0.2) is 8.42 Å². The van der Waals surface area contributed by atoms with Gasteiger partial charge in [0.2, 0.25) is 15.9 Å². The minimum atomic E-state index is -3.77. The van der Waals surface area contributed by atoms with Gasteiger partial charge in [0.25, 0.3) is 0 Å². The molecule has 2 unspecified atom stereocenters. The van der Waals surface area contributed by atoms with Gasteiger partial charge < -0.3 is 10.2 Å². The van der Waals surface area contributed by atoms with Crippen LogP contribution in [0.1, 0.15) is 32.3 Å². The zero-order valence-corrected chi connectivity index (χ0v) is 18.7. The molecule has 0 aliphatic carbocycles. The normalized spacial score (nSPS) is 17.9. The standard InChI is InChI=1S/C23H31N3O3S/c1-17(2)15-22(25-30(28,29)21-11-9-18(3)10-12-21)23(27)26-14-13-20(16-26)24-19-7-5-4-6-8-19/h4-12,17,20,22,24-25H,13-16H2,1-3H3. The Morgan fingerprint density at radius 2 is 1.77 bits per heavy atom. The SMILES string of the molecule is Cc1ccc(S(=O)(=O)NC(CC(C)C)C(=O)N2CCC(Nc3ccccc3)C2)cc1. The number of carbonyl (C=O) groups excluding carboxylic acids is 1. The molecule has 0 radical (unpaired) electrons. The van der Waals surface area contributed by atoms with E-state index in [-0.39, 0.29) is 22.8 Å². The number of nitrogens with one attached hydrogen (secondary N) is 2. The minimum Gasteiger partial charge on any atom is -0.380 e. The summed E-state index contributed by atoms with van der Waals surface area (Å²) in [5.74, 6) is 0.0252. The molecule has 30 heavy (non-hydrogen) atoms. The summed E-state index contributed by atoms with van der Waals surface area (Å²) in [7, 11) is -3.77. The zero-order valence-electron chi connectivity index (χ0n) is 17.8. The molecule has 2 N–H and O–H groups in total. The molecule has 162 valence electrons. The number of amides is 1. The topological polar surface area (TPSA) is 78.5 Å². The van der Waals surface area contributed by atoms with Crippen LogP contribution >= 0.6 is 0 Å². The second-order valence-corrected chi connectivity index (χ2v) is 10.1. The largest absolute Gasteiger partial charge is 0.380 e. The maximum Gasteiger partial charge on any atom is 0.241 e. The third kappa shape index (κ3) is 5.83. The van der Waals surface area contributed by atoms with Crippen molar-refractivity contribution < 1.29 is 13.2 Å². The minimum absolute atomic E-state index is 0.156. The first-order chi connectivity index (χ1) is 14.2. The van der Waals surface area contributed by atoms with E-state index in [1.807, 2.05) is 51.1 Å². The van der Waals surface area contributed by atoms with E-state index in [9.17, 15) is 13.2 Å². The van der Waals surface area contributed by atoms with Crippen LogP contribution in [0.25, 0.3) is 0 Å². The molecule has 1 aliphatic heterocycles. The van der Waals surface area contributed by atoms with Crippen LogP contribution in [0, 0.1) is 12.8 Å². The van der Waals surface area contributed by atoms with Crippen LogP contribution in [-0.4, -0.2) is 44.4 Å². The van der Waals surface area contributed by atoms with E-state index in [0.29, 0.717) is 19.5 Å². The molecule has 2 atom stereocenters. The Labute approximate surface area is 179 Å². The Kier molecular flexibility index (Phi) is 7.15. The Balaban J connectivity index is 1.69. The lowest BCUT2D eigenvalue weighted by Gasteiger charge is -2.25. The zero-order chi connectivity index (χ0) is 21.7. The third-order valence-corrected chi connectivity index (χ3v) is 6.77. The number of rotatable bonds is 8. The lowest BCUT2D eigenvalue weighted by atomic mass is 10.0. The predicted molar refractivity (Wildman–Crippen MR) is 120 cm³/mol. The lowest BCUT2D eigenvalue weighted by molar-refractivity contribution is -0.132. The molecular weight excluding hydrogens is 398 g/mol. The summed E-state index contributed by atoms with van der Waals surface area (Å²) >= 11 is 0. The van der Waals surface area contributed by atoms with Crippen molar-refractivity contribution in [3.8, 4) is 0 Å². The second-order valence-electron chi connectivity index (χ2n) is 8.40. The summed E-state index contributed by atoms with van der Waals surface area (Å²) in [4.78, 5) is 15.2. The van der Waals surface area contributed by atoms with Crippen LogP contribution in [0.2, 0.25) is 0 Å². The molecule has 1 heterocycles. The number of likely N-dealkylation sites (tertiary alicyclic amines) is 1. The van der Waals surface area contributed by atoms with Gasteiger partial charge in [0.1, 0.15) is 6.04 Å². The average molecular weight is 430 g/mol. The summed E-state index contributed by atoms with van der Waals surface area (Å²) < 4.78 is 28.4. The highest BCUT2D eigenvalue weighted by Gasteiger charge is 2.33. The first-order valence-corrected chi connectivity index (χ1v) is 11.9. The molecule has 1 aliphatic rings. The predicted octanol–water partition coefficient (Wildman–Crippen LogP) is 3.40. The molecule has 7 heteroatoms. The third-order valence-electron chi connectivity index (χ3n) is 5.28. The molecule has 0 spiro atoms. The van der Waals surface area contributed by atoms with Crippen molar-refractivity contribution >= 4 is 21.6 Å². The van der Waals surface area contributed by atoms with Gasteiger partial charge >= 0.3 is 0 Å². The van der Waals surface area contributed by atoms with E-state index in [1.165, 1.54) is 0 Å². The summed E-state index contributed by atoms with van der Waals surface area (Å²) in [5, 5.41) is 3.45. The highest BCUT2D eigenvalue weighted by Crippen LogP contribution is 2.19. The Bertz CT molecular complexity index is 943. The molecule has 3 rings (SSSR count). The summed E-state index contributed by atoms with van der Waals surface area (Å²) in [5.41, 5.74) is 2.01. The number of hydrogen-bond acceptors (Lipinski definition) is 4. The van der Waals surface area contributed by atoms with E-state index in [0.717, 1.165) is 17.7 Å². The Morgan fingerprint density at radius 3 is 2.40 bits per heavy atom. The van der Waals surface area contributed by atoms with Crippen LogP contribution < -0.4 is 10.0 Å². The molecule has 1 amide bonds. The number of carbonyl (C=O) groups is 1. The number of para-hydroxylation sites is 1. The summed E-state index contributed by atoms with van der Waals surface area (Å²) in [6.07, 6.45) is 1.29. The first kappa shape index (κ1) is 22.3. The maximum absolute atomic E-state index is 13.2. The van der Waals surface area contributed by atoms with E-state index < -0.39 is 16.1 Å². The molecule has 1 fully saturated rings. The number of hydrogen-bond donors (Lipinski definition) is 2. The number of nitrogens with zero attached hydrogens (tertiary/aromatic N) is 1. The molecule has 0 bridgehead atoms. The fraction of sp³-hybridized carbons (Fsp3) is 0.435. The highest BCUT2D eigenvalue weighted by atomic mass is 32.2. The quantitative estimate of drug-likeness (QED) is 0.674. The fourth-order valence-electron chi connectivity index (χ4n) is 3.71. The van der Waals surface area contributed by atoms with E-state index in [4.69, 9.17) is 0 Å². The van der Waals surface area contributed by atoms with Gasteiger partial charge in [-0.1, -0.05) is 49.7 Å². The van der Waals surface area contributed by atoms with Crippen molar-refractivity contribution in [2.45, 2.75) is 50.6 Å². The molecular formula is C23H31N3O3S. The maximum atomic E-state index is 13.2. The van der Waals surface area contributed by atoms with Gasteiger partial charge in [0.15, 0.2) is 0 Å². The van der Waals surface area contributed by atoms with Crippen LogP contribution in [0.4, 0.5) is 5.69 Å². The van der Waals surface area contributed by atoms with Crippen LogP contribution in [0.15, 0.2) is 59.5 Å². The van der Waals surface area contributed by atoms with Gasteiger partial charge in [0.05, 0.1) is 4.90 Å². The lowest BCUT2D eigenvalue weighted by Crippen LogP contribution is -2.48. The molecule has 0 aromatic heterocycles. The van der Waals surface area contributed by atoms with Gasteiger partial charge in [0, 0.05) is 24.8 Å². The second kappa shape index (κ2) is 9.62. The van der Waals surface area contributed by atoms with Gasteiger partial charge in [-0.05, 0) is 49.9 Å². The number of sulfonamides is 1. The summed E-state index contributed by atoms with van der Waals surface area (Å²) in [6, 6.07) is 16.0. The Morgan fingerprint density at radius 1 is 1.10 bits per heavy atom. The highest BCUT2D eigenvalue weighted by molar-refractivity contribution is 7.89. The molecule has 6 nitrogen and oxygen atoms in total. The summed E-state index contributed by atoms with van der Waals surface area (Å²) in [6.45, 7) is 7.06. The van der Waals surface area contributed by atoms with Gasteiger partial charge in [-0.2, -0.15) is 4.72 Å². The van der Waals surface area contributed by atoms with Crippen LogP contribution in [0.5, 0.6) is 0 Å².